The Morgan fingerprint density at radius 3 is 2.79 bits per heavy atom. The third-order valence-electron chi connectivity index (χ3n) is 5.08. The number of hydrogen-bond donors (Lipinski definition) is 1. The summed E-state index contributed by atoms with van der Waals surface area (Å²) in [5, 5.41) is 7.94. The first kappa shape index (κ1) is 20.5. The van der Waals surface area contributed by atoms with Crippen molar-refractivity contribution in [2.45, 2.75) is 52.2 Å². The molecule has 3 rings (SSSR count). The van der Waals surface area contributed by atoms with Crippen molar-refractivity contribution < 1.29 is 13.6 Å². The quantitative estimate of drug-likeness (QED) is 0.824. The molecule has 1 aliphatic carbocycles. The SMILES string of the molecule is CC(C)Cn1nc(C(=O)N(C)C)c2c1CCC(NCc1cc(F)ccc1F)C2. The molecule has 1 aromatic heterocycles. The number of hydrogen-bond acceptors (Lipinski definition) is 3. The maximum absolute atomic E-state index is 13.9. The minimum atomic E-state index is -0.446. The summed E-state index contributed by atoms with van der Waals surface area (Å²) in [6, 6.07) is 3.57. The van der Waals surface area contributed by atoms with Crippen LogP contribution in [0.4, 0.5) is 8.78 Å². The Labute approximate surface area is 164 Å². The monoisotopic (exact) mass is 390 g/mol. The van der Waals surface area contributed by atoms with Crippen molar-refractivity contribution in [1.29, 1.82) is 0 Å². The molecule has 1 atom stereocenters. The number of amides is 1. The van der Waals surface area contributed by atoms with Gasteiger partial charge in [-0.1, -0.05) is 13.8 Å². The van der Waals surface area contributed by atoms with Crippen molar-refractivity contribution in [3.63, 3.8) is 0 Å². The van der Waals surface area contributed by atoms with Crippen LogP contribution in [0.25, 0.3) is 0 Å². The number of rotatable bonds is 6. The zero-order valence-electron chi connectivity index (χ0n) is 16.9. The molecule has 1 unspecified atom stereocenters. The van der Waals surface area contributed by atoms with Crippen molar-refractivity contribution in [2.75, 3.05) is 14.1 Å². The number of carbonyl (C=O) groups excluding carboxylic acids is 1. The molecule has 1 aromatic carbocycles. The van der Waals surface area contributed by atoms with Crippen LogP contribution in [0.3, 0.4) is 0 Å². The summed E-state index contributed by atoms with van der Waals surface area (Å²) in [5.74, 6) is -0.537. The molecule has 1 heterocycles. The van der Waals surface area contributed by atoms with Crippen LogP contribution in [0.15, 0.2) is 18.2 Å². The summed E-state index contributed by atoms with van der Waals surface area (Å²) in [4.78, 5) is 14.2. The predicted molar refractivity (Wildman–Crippen MR) is 104 cm³/mol. The maximum Gasteiger partial charge on any atom is 0.274 e. The van der Waals surface area contributed by atoms with Gasteiger partial charge in [0.2, 0.25) is 0 Å². The van der Waals surface area contributed by atoms with E-state index in [0.29, 0.717) is 23.6 Å². The standard InChI is InChI=1S/C21H28F2N4O/c1-13(2)12-27-19-8-6-16(10-17(19)20(25-27)21(28)26(3)4)24-11-14-9-15(22)5-7-18(14)23/h5,7,9,13,16,24H,6,8,10-12H2,1-4H3. The minimum absolute atomic E-state index is 0.0839. The van der Waals surface area contributed by atoms with Crippen molar-refractivity contribution in [3.05, 3.63) is 52.3 Å². The van der Waals surface area contributed by atoms with Gasteiger partial charge in [0, 0.05) is 50.0 Å². The highest BCUT2D eigenvalue weighted by Crippen LogP contribution is 2.26. The zero-order chi connectivity index (χ0) is 20.4. The molecule has 0 aliphatic heterocycles. The van der Waals surface area contributed by atoms with E-state index in [4.69, 9.17) is 0 Å². The van der Waals surface area contributed by atoms with Crippen LogP contribution >= 0.6 is 0 Å². The Morgan fingerprint density at radius 2 is 2.11 bits per heavy atom. The van der Waals surface area contributed by atoms with E-state index in [0.717, 1.165) is 42.8 Å². The Kier molecular flexibility index (Phi) is 6.13. The number of aromatic nitrogens is 2. The molecule has 1 aliphatic rings. The second-order valence-corrected chi connectivity index (χ2v) is 8.11. The lowest BCUT2D eigenvalue weighted by Gasteiger charge is -2.25. The summed E-state index contributed by atoms with van der Waals surface area (Å²) >= 11 is 0. The maximum atomic E-state index is 13.9. The fraction of sp³-hybridized carbons (Fsp3) is 0.524. The van der Waals surface area contributed by atoms with E-state index in [1.165, 1.54) is 6.07 Å². The molecule has 0 radical (unpaired) electrons. The first-order valence-corrected chi connectivity index (χ1v) is 9.73. The average Bonchev–Trinajstić information content (AvgIpc) is 2.98. The second-order valence-electron chi connectivity index (χ2n) is 8.11. The van der Waals surface area contributed by atoms with Gasteiger partial charge >= 0.3 is 0 Å². The topological polar surface area (TPSA) is 50.2 Å². The van der Waals surface area contributed by atoms with Crippen LogP contribution in [0.5, 0.6) is 0 Å². The van der Waals surface area contributed by atoms with Gasteiger partial charge in [0.1, 0.15) is 11.6 Å². The molecule has 1 N–H and O–H groups in total. The number of carbonyl (C=O) groups is 1. The highest BCUT2D eigenvalue weighted by atomic mass is 19.1. The zero-order valence-corrected chi connectivity index (χ0v) is 16.9. The molecule has 2 aromatic rings. The molecule has 0 saturated heterocycles. The molecular weight excluding hydrogens is 362 g/mol. The molecular formula is C21H28F2N4O. The van der Waals surface area contributed by atoms with Crippen LogP contribution in [0, 0.1) is 17.6 Å². The van der Waals surface area contributed by atoms with E-state index < -0.39 is 11.6 Å². The summed E-state index contributed by atoms with van der Waals surface area (Å²) in [6.45, 7) is 5.28. The van der Waals surface area contributed by atoms with E-state index >= 15 is 0 Å². The minimum Gasteiger partial charge on any atom is -0.343 e. The second kappa shape index (κ2) is 8.39. The van der Waals surface area contributed by atoms with Gasteiger partial charge in [-0.05, 0) is 43.4 Å². The van der Waals surface area contributed by atoms with Crippen LogP contribution < -0.4 is 5.32 Å². The summed E-state index contributed by atoms with van der Waals surface area (Å²) < 4.78 is 29.2. The third kappa shape index (κ3) is 4.41. The lowest BCUT2D eigenvalue weighted by molar-refractivity contribution is 0.0819. The Bertz CT molecular complexity index is 860. The highest BCUT2D eigenvalue weighted by molar-refractivity contribution is 5.93. The molecule has 1 amide bonds. The fourth-order valence-corrected chi connectivity index (χ4v) is 3.68. The Balaban J connectivity index is 1.79. The van der Waals surface area contributed by atoms with Crippen molar-refractivity contribution in [3.8, 4) is 0 Å². The van der Waals surface area contributed by atoms with Crippen LogP contribution in [0.1, 0.15) is 47.6 Å². The Morgan fingerprint density at radius 1 is 1.36 bits per heavy atom. The van der Waals surface area contributed by atoms with Gasteiger partial charge in [-0.3, -0.25) is 9.48 Å². The third-order valence-corrected chi connectivity index (χ3v) is 5.08. The van der Waals surface area contributed by atoms with Crippen molar-refractivity contribution in [2.24, 2.45) is 5.92 Å². The van der Waals surface area contributed by atoms with Crippen LogP contribution in [0.2, 0.25) is 0 Å². The van der Waals surface area contributed by atoms with E-state index in [1.54, 1.807) is 19.0 Å². The predicted octanol–water partition coefficient (Wildman–Crippen LogP) is 3.17. The lowest BCUT2D eigenvalue weighted by Crippen LogP contribution is -2.35. The van der Waals surface area contributed by atoms with E-state index in [9.17, 15) is 13.6 Å². The molecule has 0 fully saturated rings. The fourth-order valence-electron chi connectivity index (χ4n) is 3.68. The molecule has 5 nitrogen and oxygen atoms in total. The van der Waals surface area contributed by atoms with E-state index in [2.05, 4.69) is 24.3 Å². The average molecular weight is 390 g/mol. The van der Waals surface area contributed by atoms with Gasteiger partial charge < -0.3 is 10.2 Å². The van der Waals surface area contributed by atoms with Crippen molar-refractivity contribution in [1.82, 2.24) is 20.0 Å². The summed E-state index contributed by atoms with van der Waals surface area (Å²) in [7, 11) is 3.45. The Hall–Kier alpha value is -2.28. The summed E-state index contributed by atoms with van der Waals surface area (Å²) in [6.07, 6.45) is 2.32. The van der Waals surface area contributed by atoms with Gasteiger partial charge in [0.15, 0.2) is 5.69 Å². The molecule has 7 heteroatoms. The number of fused-ring (bicyclic) bond motifs is 1. The van der Waals surface area contributed by atoms with Gasteiger partial charge in [0.05, 0.1) is 0 Å². The van der Waals surface area contributed by atoms with Gasteiger partial charge in [-0.2, -0.15) is 5.10 Å². The number of nitrogens with one attached hydrogen (secondary N) is 1. The van der Waals surface area contributed by atoms with E-state index in [1.807, 2.05) is 4.68 Å². The largest absolute Gasteiger partial charge is 0.343 e. The molecule has 152 valence electrons. The molecule has 0 saturated carbocycles. The molecule has 0 spiro atoms. The number of halogens is 2. The van der Waals surface area contributed by atoms with Crippen LogP contribution in [-0.4, -0.2) is 40.7 Å². The first-order chi connectivity index (χ1) is 13.3. The first-order valence-electron chi connectivity index (χ1n) is 9.73. The number of nitrogens with zero attached hydrogens (tertiary/aromatic N) is 3. The molecule has 28 heavy (non-hydrogen) atoms. The van der Waals surface area contributed by atoms with Crippen LogP contribution in [-0.2, 0) is 25.9 Å². The van der Waals surface area contributed by atoms with Gasteiger partial charge in [0.25, 0.3) is 5.91 Å². The van der Waals surface area contributed by atoms with Crippen molar-refractivity contribution >= 4 is 5.91 Å². The molecule has 0 bridgehead atoms. The van der Waals surface area contributed by atoms with Gasteiger partial charge in [-0.15, -0.1) is 0 Å². The van der Waals surface area contributed by atoms with E-state index in [-0.39, 0.29) is 18.5 Å². The number of benzene rings is 1. The summed E-state index contributed by atoms with van der Waals surface area (Å²) in [5.41, 5.74) is 2.91. The highest BCUT2D eigenvalue weighted by Gasteiger charge is 2.30. The lowest BCUT2D eigenvalue weighted by atomic mass is 9.90. The normalized spacial score (nSPS) is 16.3. The van der Waals surface area contributed by atoms with Gasteiger partial charge in [-0.25, -0.2) is 8.78 Å². The smallest absolute Gasteiger partial charge is 0.274 e.